The van der Waals surface area contributed by atoms with E-state index in [1.165, 1.54) is 5.56 Å². The van der Waals surface area contributed by atoms with Gasteiger partial charge in [-0.1, -0.05) is 25.1 Å². The second-order valence-electron chi connectivity index (χ2n) is 6.05. The number of nitrogens with one attached hydrogen (secondary N) is 1. The molecule has 1 fully saturated rings. The summed E-state index contributed by atoms with van der Waals surface area (Å²) in [6.07, 6.45) is 7.05. The molecule has 0 bridgehead atoms. The highest BCUT2D eigenvalue weighted by Gasteiger charge is 2.24. The van der Waals surface area contributed by atoms with Crippen LogP contribution in [0.3, 0.4) is 0 Å². The Balaban J connectivity index is 1.58. The van der Waals surface area contributed by atoms with Crippen molar-refractivity contribution in [3.8, 4) is 5.69 Å². The number of hydrogen-bond acceptors (Lipinski definition) is 2. The average Bonchev–Trinajstić information content (AvgIpc) is 3.11. The second-order valence-corrected chi connectivity index (χ2v) is 6.05. The summed E-state index contributed by atoms with van der Waals surface area (Å²) in [7, 11) is 0. The van der Waals surface area contributed by atoms with E-state index in [2.05, 4.69) is 35.7 Å². The van der Waals surface area contributed by atoms with Gasteiger partial charge in [-0.3, -0.25) is 0 Å². The normalized spacial score (nSPS) is 15.6. The van der Waals surface area contributed by atoms with Gasteiger partial charge in [-0.15, -0.1) is 0 Å². The van der Waals surface area contributed by atoms with Gasteiger partial charge in [0.05, 0.1) is 11.9 Å². The number of nitrogens with zero attached hydrogens (tertiary/aromatic N) is 3. The summed E-state index contributed by atoms with van der Waals surface area (Å²) >= 11 is 0. The minimum absolute atomic E-state index is 0.0743. The molecule has 23 heavy (non-hydrogen) atoms. The standard InChI is InChI=1S/C18H24N4O/c1-2-10-19-18(23)21-11-8-15(9-12-21)16-13-20-22(14-16)17-6-4-3-5-7-17/h3-7,13-15H,2,8-12H2,1H3,(H,19,23). The number of aromatic nitrogens is 2. The van der Waals surface area contributed by atoms with Crippen LogP contribution in [0.5, 0.6) is 0 Å². The molecule has 5 heteroatoms. The van der Waals surface area contributed by atoms with Gasteiger partial charge in [0.1, 0.15) is 0 Å². The molecule has 1 saturated heterocycles. The maximum atomic E-state index is 12.0. The largest absolute Gasteiger partial charge is 0.338 e. The molecule has 0 unspecified atom stereocenters. The zero-order valence-electron chi connectivity index (χ0n) is 13.6. The maximum absolute atomic E-state index is 12.0. The van der Waals surface area contributed by atoms with Crippen molar-refractivity contribution in [3.63, 3.8) is 0 Å². The van der Waals surface area contributed by atoms with Gasteiger partial charge < -0.3 is 10.2 Å². The van der Waals surface area contributed by atoms with Crippen molar-refractivity contribution < 1.29 is 4.79 Å². The average molecular weight is 312 g/mol. The predicted octanol–water partition coefficient (Wildman–Crippen LogP) is 3.17. The number of rotatable bonds is 4. The van der Waals surface area contributed by atoms with Gasteiger partial charge in [0.15, 0.2) is 0 Å². The van der Waals surface area contributed by atoms with Gasteiger partial charge in [0.25, 0.3) is 0 Å². The number of benzene rings is 1. The third-order valence-corrected chi connectivity index (χ3v) is 4.40. The highest BCUT2D eigenvalue weighted by atomic mass is 16.2. The zero-order chi connectivity index (χ0) is 16.1. The first-order chi connectivity index (χ1) is 11.3. The van der Waals surface area contributed by atoms with Gasteiger partial charge in [0.2, 0.25) is 0 Å². The topological polar surface area (TPSA) is 50.2 Å². The van der Waals surface area contributed by atoms with E-state index in [0.717, 1.165) is 44.6 Å². The Kier molecular flexibility index (Phi) is 4.95. The molecule has 5 nitrogen and oxygen atoms in total. The molecule has 0 spiro atoms. The summed E-state index contributed by atoms with van der Waals surface area (Å²) in [4.78, 5) is 13.9. The van der Waals surface area contributed by atoms with Crippen molar-refractivity contribution in [2.45, 2.75) is 32.1 Å². The van der Waals surface area contributed by atoms with Crippen LogP contribution in [0.2, 0.25) is 0 Å². The monoisotopic (exact) mass is 312 g/mol. The fourth-order valence-corrected chi connectivity index (χ4v) is 3.03. The van der Waals surface area contributed by atoms with Gasteiger partial charge >= 0.3 is 6.03 Å². The van der Waals surface area contributed by atoms with Crippen LogP contribution in [0.1, 0.15) is 37.7 Å². The lowest BCUT2D eigenvalue weighted by Gasteiger charge is -2.31. The van der Waals surface area contributed by atoms with E-state index in [9.17, 15) is 4.79 Å². The van der Waals surface area contributed by atoms with Gasteiger partial charge in [-0.25, -0.2) is 9.48 Å². The van der Waals surface area contributed by atoms with E-state index in [1.54, 1.807) is 0 Å². The second kappa shape index (κ2) is 7.31. The van der Waals surface area contributed by atoms with Crippen LogP contribution in [0.25, 0.3) is 5.69 Å². The summed E-state index contributed by atoms with van der Waals surface area (Å²) in [5, 5.41) is 7.43. The summed E-state index contributed by atoms with van der Waals surface area (Å²) in [6.45, 7) is 4.45. The minimum atomic E-state index is 0.0743. The van der Waals surface area contributed by atoms with Crippen molar-refractivity contribution in [2.75, 3.05) is 19.6 Å². The molecule has 1 aliphatic heterocycles. The van der Waals surface area contributed by atoms with Gasteiger partial charge in [-0.05, 0) is 42.9 Å². The fourth-order valence-electron chi connectivity index (χ4n) is 3.03. The molecule has 2 amide bonds. The SMILES string of the molecule is CCCNC(=O)N1CCC(c2cnn(-c3ccccc3)c2)CC1. The zero-order valence-corrected chi connectivity index (χ0v) is 13.6. The number of hydrogen-bond donors (Lipinski definition) is 1. The molecule has 1 aromatic heterocycles. The van der Waals surface area contributed by atoms with Crippen molar-refractivity contribution in [2.24, 2.45) is 0 Å². The number of carbonyl (C=O) groups excluding carboxylic acids is 1. The Hall–Kier alpha value is -2.30. The molecule has 122 valence electrons. The van der Waals surface area contributed by atoms with Crippen LogP contribution in [-0.4, -0.2) is 40.3 Å². The van der Waals surface area contributed by atoms with E-state index in [0.29, 0.717) is 5.92 Å². The highest BCUT2D eigenvalue weighted by molar-refractivity contribution is 5.74. The van der Waals surface area contributed by atoms with Crippen molar-refractivity contribution >= 4 is 6.03 Å². The lowest BCUT2D eigenvalue weighted by atomic mass is 9.92. The molecular formula is C18H24N4O. The molecule has 1 aromatic carbocycles. The number of piperidine rings is 1. The predicted molar refractivity (Wildman–Crippen MR) is 90.8 cm³/mol. The van der Waals surface area contributed by atoms with E-state index in [1.807, 2.05) is 34.0 Å². The number of urea groups is 1. The number of para-hydroxylation sites is 1. The molecule has 2 aromatic rings. The maximum Gasteiger partial charge on any atom is 0.317 e. The van der Waals surface area contributed by atoms with Crippen LogP contribution >= 0.6 is 0 Å². The van der Waals surface area contributed by atoms with Crippen molar-refractivity contribution in [3.05, 3.63) is 48.3 Å². The highest BCUT2D eigenvalue weighted by Crippen LogP contribution is 2.28. The van der Waals surface area contributed by atoms with Crippen LogP contribution in [-0.2, 0) is 0 Å². The third-order valence-electron chi connectivity index (χ3n) is 4.40. The molecule has 1 N–H and O–H groups in total. The van der Waals surface area contributed by atoms with Crippen LogP contribution in [0, 0.1) is 0 Å². The van der Waals surface area contributed by atoms with Crippen LogP contribution in [0.4, 0.5) is 4.79 Å². The molecule has 0 saturated carbocycles. The van der Waals surface area contributed by atoms with E-state index in [-0.39, 0.29) is 6.03 Å². The Bertz CT molecular complexity index is 629. The Morgan fingerprint density at radius 2 is 2.00 bits per heavy atom. The first-order valence-corrected chi connectivity index (χ1v) is 8.40. The lowest BCUT2D eigenvalue weighted by Crippen LogP contribution is -2.44. The Morgan fingerprint density at radius 1 is 1.26 bits per heavy atom. The van der Waals surface area contributed by atoms with E-state index < -0.39 is 0 Å². The molecule has 0 aliphatic carbocycles. The van der Waals surface area contributed by atoms with E-state index in [4.69, 9.17) is 0 Å². The summed E-state index contributed by atoms with van der Waals surface area (Å²) < 4.78 is 1.93. The summed E-state index contributed by atoms with van der Waals surface area (Å²) in [6, 6.07) is 10.2. The van der Waals surface area contributed by atoms with Gasteiger partial charge in [-0.2, -0.15) is 5.10 Å². The number of amides is 2. The molecule has 0 radical (unpaired) electrons. The minimum Gasteiger partial charge on any atom is -0.338 e. The molecular weight excluding hydrogens is 288 g/mol. The Morgan fingerprint density at radius 3 is 2.70 bits per heavy atom. The first kappa shape index (κ1) is 15.6. The van der Waals surface area contributed by atoms with Crippen LogP contribution < -0.4 is 5.32 Å². The molecule has 0 atom stereocenters. The van der Waals surface area contributed by atoms with Gasteiger partial charge in [0, 0.05) is 25.8 Å². The molecule has 3 rings (SSSR count). The summed E-state index contributed by atoms with van der Waals surface area (Å²) in [5.74, 6) is 0.489. The fraction of sp³-hybridized carbons (Fsp3) is 0.444. The number of carbonyl (C=O) groups is 1. The van der Waals surface area contributed by atoms with Crippen molar-refractivity contribution in [1.29, 1.82) is 0 Å². The summed E-state index contributed by atoms with van der Waals surface area (Å²) in [5.41, 5.74) is 2.34. The smallest absolute Gasteiger partial charge is 0.317 e. The lowest BCUT2D eigenvalue weighted by molar-refractivity contribution is 0.181. The third kappa shape index (κ3) is 3.73. The quantitative estimate of drug-likeness (QED) is 0.942. The van der Waals surface area contributed by atoms with Crippen LogP contribution in [0.15, 0.2) is 42.7 Å². The van der Waals surface area contributed by atoms with Crippen molar-refractivity contribution in [1.82, 2.24) is 20.0 Å². The van der Waals surface area contributed by atoms with E-state index >= 15 is 0 Å². The number of likely N-dealkylation sites (tertiary alicyclic amines) is 1. The Labute approximate surface area is 137 Å². The molecule has 2 heterocycles. The first-order valence-electron chi connectivity index (χ1n) is 8.40. The molecule has 1 aliphatic rings.